The number of Topliss-reactive ketones (excluding diaryl/α,β-unsaturated/α-hetero) is 1. The second-order valence-corrected chi connectivity index (χ2v) is 5.06. The molecule has 1 saturated heterocycles. The van der Waals surface area contributed by atoms with Gasteiger partial charge in [-0.3, -0.25) is 4.79 Å². The lowest BCUT2D eigenvalue weighted by Gasteiger charge is -2.34. The summed E-state index contributed by atoms with van der Waals surface area (Å²) >= 11 is 0. The summed E-state index contributed by atoms with van der Waals surface area (Å²) in [6.45, 7) is 4.58. The molecule has 1 heterocycles. The number of carbonyl (C=O) groups is 1. The van der Waals surface area contributed by atoms with E-state index in [0.717, 1.165) is 26.2 Å². The van der Waals surface area contributed by atoms with Crippen molar-refractivity contribution in [2.45, 2.75) is 13.3 Å². The highest BCUT2D eigenvalue weighted by atomic mass is 19.1. The average molecular weight is 268 g/mol. The van der Waals surface area contributed by atoms with Crippen molar-refractivity contribution in [1.29, 1.82) is 0 Å². The lowest BCUT2D eigenvalue weighted by atomic mass is 10.1. The summed E-state index contributed by atoms with van der Waals surface area (Å²) in [6, 6.07) is 2.65. The molecule has 19 heavy (non-hydrogen) atoms. The predicted molar refractivity (Wildman–Crippen MR) is 70.5 cm³/mol. The van der Waals surface area contributed by atoms with Gasteiger partial charge in [0.05, 0.1) is 0 Å². The molecule has 0 radical (unpaired) electrons. The molecule has 0 bridgehead atoms. The third-order valence-corrected chi connectivity index (χ3v) is 3.42. The van der Waals surface area contributed by atoms with Crippen LogP contribution in [-0.2, 0) is 11.2 Å². The van der Waals surface area contributed by atoms with Gasteiger partial charge in [0, 0.05) is 43.9 Å². The second kappa shape index (κ2) is 5.65. The van der Waals surface area contributed by atoms with Gasteiger partial charge in [-0.05, 0) is 26.1 Å². The van der Waals surface area contributed by atoms with Crippen molar-refractivity contribution in [3.05, 3.63) is 29.3 Å². The van der Waals surface area contributed by atoms with E-state index in [-0.39, 0.29) is 17.8 Å². The lowest BCUT2D eigenvalue weighted by molar-refractivity contribution is -0.116. The number of nitrogens with zero attached hydrogens (tertiary/aromatic N) is 2. The molecule has 1 aliphatic rings. The van der Waals surface area contributed by atoms with Gasteiger partial charge in [0.15, 0.2) is 0 Å². The number of hydrogen-bond acceptors (Lipinski definition) is 3. The van der Waals surface area contributed by atoms with E-state index in [9.17, 15) is 13.6 Å². The van der Waals surface area contributed by atoms with Crippen LogP contribution < -0.4 is 4.90 Å². The number of anilines is 1. The predicted octanol–water partition coefficient (Wildman–Crippen LogP) is 1.85. The molecular formula is C14H18F2N2O. The molecule has 0 atom stereocenters. The fraction of sp³-hybridized carbons (Fsp3) is 0.500. The van der Waals surface area contributed by atoms with E-state index in [1.54, 1.807) is 0 Å². The Morgan fingerprint density at radius 3 is 2.16 bits per heavy atom. The molecule has 104 valence electrons. The molecule has 0 aliphatic carbocycles. The van der Waals surface area contributed by atoms with Crippen molar-refractivity contribution < 1.29 is 13.6 Å². The third kappa shape index (κ3) is 3.29. The molecule has 1 aromatic carbocycles. The van der Waals surface area contributed by atoms with E-state index in [2.05, 4.69) is 4.90 Å². The number of carbonyl (C=O) groups excluding carboxylic acids is 1. The van der Waals surface area contributed by atoms with Crippen molar-refractivity contribution in [3.8, 4) is 0 Å². The molecular weight excluding hydrogens is 250 g/mol. The molecule has 1 aromatic rings. The summed E-state index contributed by atoms with van der Waals surface area (Å²) in [4.78, 5) is 15.1. The van der Waals surface area contributed by atoms with Crippen LogP contribution in [0.4, 0.5) is 14.5 Å². The molecule has 3 nitrogen and oxygen atoms in total. The van der Waals surface area contributed by atoms with E-state index >= 15 is 0 Å². The Morgan fingerprint density at radius 2 is 1.68 bits per heavy atom. The van der Waals surface area contributed by atoms with Gasteiger partial charge in [0.25, 0.3) is 0 Å². The number of benzene rings is 1. The second-order valence-electron chi connectivity index (χ2n) is 5.06. The topological polar surface area (TPSA) is 23.6 Å². The number of likely N-dealkylation sites (N-methyl/N-ethyl adjacent to an activating group) is 1. The van der Waals surface area contributed by atoms with Crippen LogP contribution in [-0.4, -0.2) is 43.9 Å². The molecule has 0 unspecified atom stereocenters. The molecule has 0 N–H and O–H groups in total. The van der Waals surface area contributed by atoms with E-state index in [4.69, 9.17) is 0 Å². The first-order valence-corrected chi connectivity index (χ1v) is 6.38. The maximum atomic E-state index is 13.9. The van der Waals surface area contributed by atoms with E-state index in [1.807, 2.05) is 11.9 Å². The van der Waals surface area contributed by atoms with Crippen LogP contribution in [0.5, 0.6) is 0 Å². The van der Waals surface area contributed by atoms with Crippen LogP contribution in [0, 0.1) is 11.6 Å². The summed E-state index contributed by atoms with van der Waals surface area (Å²) in [6.07, 6.45) is -0.194. The van der Waals surface area contributed by atoms with E-state index in [0.29, 0.717) is 5.69 Å². The molecule has 0 aromatic heterocycles. The highest BCUT2D eigenvalue weighted by molar-refractivity contribution is 5.78. The molecule has 5 heteroatoms. The Kier molecular flexibility index (Phi) is 4.14. The summed E-state index contributed by atoms with van der Waals surface area (Å²) in [7, 11) is 2.02. The standard InChI is InChI=1S/C14H18F2N2O/c1-10(19)7-12-13(15)8-11(9-14(12)16)18-5-3-17(2)4-6-18/h8-9H,3-7H2,1-2H3. The monoisotopic (exact) mass is 268 g/mol. The van der Waals surface area contributed by atoms with E-state index in [1.165, 1.54) is 19.1 Å². The zero-order valence-corrected chi connectivity index (χ0v) is 11.2. The lowest BCUT2D eigenvalue weighted by Crippen LogP contribution is -2.44. The van der Waals surface area contributed by atoms with Gasteiger partial charge in [0.2, 0.25) is 0 Å². The minimum absolute atomic E-state index is 0.134. The van der Waals surface area contributed by atoms with Gasteiger partial charge in [-0.15, -0.1) is 0 Å². The highest BCUT2D eigenvalue weighted by Crippen LogP contribution is 2.23. The zero-order valence-electron chi connectivity index (χ0n) is 11.2. The van der Waals surface area contributed by atoms with Crippen LogP contribution >= 0.6 is 0 Å². The van der Waals surface area contributed by atoms with Gasteiger partial charge < -0.3 is 9.80 Å². The first-order valence-electron chi connectivity index (χ1n) is 6.38. The maximum absolute atomic E-state index is 13.9. The van der Waals surface area contributed by atoms with E-state index < -0.39 is 11.6 Å². The summed E-state index contributed by atoms with van der Waals surface area (Å²) in [5.74, 6) is -1.52. The number of piperazine rings is 1. The van der Waals surface area contributed by atoms with Gasteiger partial charge >= 0.3 is 0 Å². The number of halogens is 2. The van der Waals surface area contributed by atoms with Crippen LogP contribution in [0.3, 0.4) is 0 Å². The third-order valence-electron chi connectivity index (χ3n) is 3.42. The summed E-state index contributed by atoms with van der Waals surface area (Å²) in [5.41, 5.74) is 0.417. The van der Waals surface area contributed by atoms with Gasteiger partial charge in [-0.2, -0.15) is 0 Å². The highest BCUT2D eigenvalue weighted by Gasteiger charge is 2.18. The Labute approximate surface area is 111 Å². The van der Waals surface area contributed by atoms with Crippen molar-refractivity contribution in [2.24, 2.45) is 0 Å². The number of rotatable bonds is 3. The maximum Gasteiger partial charge on any atom is 0.134 e. The molecule has 0 amide bonds. The Hall–Kier alpha value is -1.49. The summed E-state index contributed by atoms with van der Waals surface area (Å²) in [5, 5.41) is 0. The molecule has 0 saturated carbocycles. The first-order chi connectivity index (χ1) is 8.97. The molecule has 1 fully saturated rings. The Morgan fingerprint density at radius 1 is 1.16 bits per heavy atom. The van der Waals surface area contributed by atoms with Crippen molar-refractivity contribution >= 4 is 11.5 Å². The quantitative estimate of drug-likeness (QED) is 0.836. The zero-order chi connectivity index (χ0) is 14.0. The van der Waals surface area contributed by atoms with Crippen LogP contribution in [0.25, 0.3) is 0 Å². The summed E-state index contributed by atoms with van der Waals surface area (Å²) < 4.78 is 27.7. The normalized spacial score (nSPS) is 16.7. The average Bonchev–Trinajstić information content (AvgIpc) is 2.34. The minimum atomic E-state index is -0.635. The smallest absolute Gasteiger partial charge is 0.134 e. The molecule has 2 rings (SSSR count). The van der Waals surface area contributed by atoms with Crippen LogP contribution in [0.2, 0.25) is 0 Å². The molecule has 1 aliphatic heterocycles. The fourth-order valence-electron chi connectivity index (χ4n) is 2.25. The fourth-order valence-corrected chi connectivity index (χ4v) is 2.25. The minimum Gasteiger partial charge on any atom is -0.369 e. The SMILES string of the molecule is CC(=O)Cc1c(F)cc(N2CCN(C)CC2)cc1F. The van der Waals surface area contributed by atoms with Gasteiger partial charge in [-0.1, -0.05) is 0 Å². The largest absolute Gasteiger partial charge is 0.369 e. The van der Waals surface area contributed by atoms with Gasteiger partial charge in [-0.25, -0.2) is 8.78 Å². The number of hydrogen-bond donors (Lipinski definition) is 0. The molecule has 0 spiro atoms. The van der Waals surface area contributed by atoms with Crippen molar-refractivity contribution in [2.75, 3.05) is 38.1 Å². The first kappa shape index (κ1) is 13.9. The Bertz CT molecular complexity index is 459. The van der Waals surface area contributed by atoms with Crippen LogP contribution in [0.15, 0.2) is 12.1 Å². The number of ketones is 1. The van der Waals surface area contributed by atoms with Gasteiger partial charge in [0.1, 0.15) is 17.4 Å². The van der Waals surface area contributed by atoms with Crippen molar-refractivity contribution in [3.63, 3.8) is 0 Å². The Balaban J connectivity index is 2.22. The van der Waals surface area contributed by atoms with Crippen LogP contribution in [0.1, 0.15) is 12.5 Å². The van der Waals surface area contributed by atoms with Crippen molar-refractivity contribution in [1.82, 2.24) is 4.90 Å².